The summed E-state index contributed by atoms with van der Waals surface area (Å²) in [4.78, 5) is 28.4. The number of nitrogens with one attached hydrogen (secondary N) is 1. The molecule has 1 amide bonds. The Labute approximate surface area is 149 Å². The molecule has 2 aromatic heterocycles. The van der Waals surface area contributed by atoms with Crippen molar-refractivity contribution < 1.29 is 9.18 Å². The van der Waals surface area contributed by atoms with Crippen LogP contribution in [0.25, 0.3) is 5.69 Å². The largest absolute Gasteiger partial charge is 0.350 e. The minimum Gasteiger partial charge on any atom is -0.350 e. The Balaban J connectivity index is 1.74. The Morgan fingerprint density at radius 3 is 2.85 bits per heavy atom. The van der Waals surface area contributed by atoms with E-state index >= 15 is 0 Å². The fourth-order valence-corrected chi connectivity index (χ4v) is 2.54. The standard InChI is InChI=1S/C18H18FN5O2/c1-13-11-16(25)17(22-24(13)15-6-3-2-5-14(15)19)18(26)21-7-4-9-23-10-8-20-12-23/h2-3,5-6,8,10-12H,4,7,9H2,1H3,(H,21,26). The lowest BCUT2D eigenvalue weighted by Gasteiger charge is -2.12. The van der Waals surface area contributed by atoms with Crippen molar-refractivity contribution >= 4 is 5.91 Å². The van der Waals surface area contributed by atoms with E-state index in [0.717, 1.165) is 0 Å². The molecule has 0 saturated heterocycles. The van der Waals surface area contributed by atoms with E-state index in [-0.39, 0.29) is 11.4 Å². The maximum Gasteiger partial charge on any atom is 0.275 e. The third-order valence-corrected chi connectivity index (χ3v) is 3.84. The van der Waals surface area contributed by atoms with Crippen molar-refractivity contribution in [3.05, 3.63) is 76.5 Å². The van der Waals surface area contributed by atoms with E-state index in [1.807, 2.05) is 10.8 Å². The van der Waals surface area contributed by atoms with E-state index in [2.05, 4.69) is 15.4 Å². The minimum absolute atomic E-state index is 0.180. The Morgan fingerprint density at radius 2 is 2.12 bits per heavy atom. The maximum atomic E-state index is 14.0. The number of aryl methyl sites for hydroxylation is 2. The Hall–Kier alpha value is -3.29. The van der Waals surface area contributed by atoms with Crippen molar-refractivity contribution in [2.75, 3.05) is 6.54 Å². The monoisotopic (exact) mass is 355 g/mol. The zero-order chi connectivity index (χ0) is 18.5. The van der Waals surface area contributed by atoms with Crippen molar-refractivity contribution in [3.63, 3.8) is 0 Å². The smallest absolute Gasteiger partial charge is 0.275 e. The average molecular weight is 355 g/mol. The number of carbonyl (C=O) groups is 1. The van der Waals surface area contributed by atoms with Crippen LogP contribution in [0.5, 0.6) is 0 Å². The molecule has 3 aromatic rings. The summed E-state index contributed by atoms with van der Waals surface area (Å²) in [5.74, 6) is -1.07. The second-order valence-corrected chi connectivity index (χ2v) is 5.77. The molecule has 0 fully saturated rings. The molecule has 0 unspecified atom stereocenters. The molecule has 0 aliphatic heterocycles. The van der Waals surface area contributed by atoms with Crippen molar-refractivity contribution in [3.8, 4) is 5.69 Å². The first-order valence-electron chi connectivity index (χ1n) is 8.16. The SMILES string of the molecule is Cc1cc(=O)c(C(=O)NCCCn2ccnc2)nn1-c1ccccc1F. The molecular weight excluding hydrogens is 337 g/mol. The lowest BCUT2D eigenvalue weighted by molar-refractivity contribution is 0.0944. The van der Waals surface area contributed by atoms with Gasteiger partial charge in [-0.1, -0.05) is 12.1 Å². The third kappa shape index (κ3) is 3.85. The summed E-state index contributed by atoms with van der Waals surface area (Å²) in [6, 6.07) is 7.33. The van der Waals surface area contributed by atoms with E-state index in [9.17, 15) is 14.0 Å². The topological polar surface area (TPSA) is 81.8 Å². The molecule has 0 aliphatic rings. The number of hydrogen-bond acceptors (Lipinski definition) is 4. The summed E-state index contributed by atoms with van der Waals surface area (Å²) in [5.41, 5.74) is -0.139. The molecule has 1 N–H and O–H groups in total. The molecule has 7 nitrogen and oxygen atoms in total. The van der Waals surface area contributed by atoms with E-state index in [4.69, 9.17) is 0 Å². The van der Waals surface area contributed by atoms with Crippen LogP contribution in [0.15, 0.2) is 53.8 Å². The summed E-state index contributed by atoms with van der Waals surface area (Å²) in [6.07, 6.45) is 5.88. The lowest BCUT2D eigenvalue weighted by atomic mass is 10.2. The summed E-state index contributed by atoms with van der Waals surface area (Å²) in [5, 5.41) is 6.74. The molecular formula is C18H18FN5O2. The Morgan fingerprint density at radius 1 is 1.31 bits per heavy atom. The number of rotatable bonds is 6. The highest BCUT2D eigenvalue weighted by atomic mass is 19.1. The van der Waals surface area contributed by atoms with Gasteiger partial charge in [-0.25, -0.2) is 14.1 Å². The van der Waals surface area contributed by atoms with Crippen LogP contribution in [0.3, 0.4) is 0 Å². The number of halogens is 1. The van der Waals surface area contributed by atoms with E-state index in [1.165, 1.54) is 22.9 Å². The Bertz CT molecular complexity index is 966. The van der Waals surface area contributed by atoms with Gasteiger partial charge < -0.3 is 9.88 Å². The van der Waals surface area contributed by atoms with Gasteiger partial charge in [-0.2, -0.15) is 5.10 Å². The molecule has 8 heteroatoms. The van der Waals surface area contributed by atoms with Gasteiger partial charge in [0.2, 0.25) is 5.43 Å². The molecule has 134 valence electrons. The van der Waals surface area contributed by atoms with Crippen LogP contribution in [0.2, 0.25) is 0 Å². The summed E-state index contributed by atoms with van der Waals surface area (Å²) in [6.45, 7) is 2.71. The van der Waals surface area contributed by atoms with Crippen LogP contribution in [0.4, 0.5) is 4.39 Å². The Kier molecular flexibility index (Phi) is 5.21. The molecule has 0 aliphatic carbocycles. The molecule has 0 atom stereocenters. The van der Waals surface area contributed by atoms with Gasteiger partial charge in [0, 0.05) is 37.2 Å². The predicted octanol–water partition coefficient (Wildman–Crippen LogP) is 1.70. The number of imidazole rings is 1. The summed E-state index contributed by atoms with van der Waals surface area (Å²) < 4.78 is 17.2. The van der Waals surface area contributed by atoms with Crippen molar-refractivity contribution in [2.24, 2.45) is 0 Å². The van der Waals surface area contributed by atoms with Crippen molar-refractivity contribution in [1.82, 2.24) is 24.6 Å². The second kappa shape index (κ2) is 7.73. The van der Waals surface area contributed by atoms with Crippen LogP contribution >= 0.6 is 0 Å². The van der Waals surface area contributed by atoms with Crippen LogP contribution in [0.1, 0.15) is 22.6 Å². The predicted molar refractivity (Wildman–Crippen MR) is 93.7 cm³/mol. The first kappa shape index (κ1) is 17.5. The van der Waals surface area contributed by atoms with Crippen molar-refractivity contribution in [1.29, 1.82) is 0 Å². The number of para-hydroxylation sites is 1. The van der Waals surface area contributed by atoms with Crippen LogP contribution in [0, 0.1) is 12.7 Å². The molecule has 1 aromatic carbocycles. The number of hydrogen-bond donors (Lipinski definition) is 1. The van der Waals surface area contributed by atoms with Crippen LogP contribution < -0.4 is 10.7 Å². The van der Waals surface area contributed by atoms with Gasteiger partial charge in [0.25, 0.3) is 5.91 Å². The third-order valence-electron chi connectivity index (χ3n) is 3.84. The fourth-order valence-electron chi connectivity index (χ4n) is 2.54. The highest BCUT2D eigenvalue weighted by Gasteiger charge is 2.16. The number of carbonyl (C=O) groups excluding carboxylic acids is 1. The quantitative estimate of drug-likeness (QED) is 0.683. The number of nitrogens with zero attached hydrogens (tertiary/aromatic N) is 4. The molecule has 0 saturated carbocycles. The van der Waals surface area contributed by atoms with Gasteiger partial charge >= 0.3 is 0 Å². The van der Waals surface area contributed by atoms with E-state index in [0.29, 0.717) is 25.2 Å². The molecule has 0 bridgehead atoms. The number of aromatic nitrogens is 4. The zero-order valence-electron chi connectivity index (χ0n) is 14.2. The van der Waals surface area contributed by atoms with Crippen molar-refractivity contribution in [2.45, 2.75) is 19.9 Å². The van der Waals surface area contributed by atoms with E-state index in [1.54, 1.807) is 31.6 Å². The fraction of sp³-hybridized carbons (Fsp3) is 0.222. The second-order valence-electron chi connectivity index (χ2n) is 5.77. The van der Waals surface area contributed by atoms with Crippen LogP contribution in [-0.2, 0) is 6.54 Å². The highest BCUT2D eigenvalue weighted by Crippen LogP contribution is 2.13. The zero-order valence-corrected chi connectivity index (χ0v) is 14.2. The molecule has 0 spiro atoms. The van der Waals surface area contributed by atoms with Gasteiger partial charge in [-0.05, 0) is 25.5 Å². The first-order valence-corrected chi connectivity index (χ1v) is 8.16. The molecule has 0 radical (unpaired) electrons. The lowest BCUT2D eigenvalue weighted by Crippen LogP contribution is -2.33. The average Bonchev–Trinajstić information content (AvgIpc) is 3.13. The maximum absolute atomic E-state index is 14.0. The summed E-state index contributed by atoms with van der Waals surface area (Å²) in [7, 11) is 0. The number of benzene rings is 1. The summed E-state index contributed by atoms with van der Waals surface area (Å²) >= 11 is 0. The molecule has 2 heterocycles. The minimum atomic E-state index is -0.578. The molecule has 3 rings (SSSR count). The van der Waals surface area contributed by atoms with Gasteiger partial charge in [0.05, 0.1) is 6.33 Å². The molecule has 26 heavy (non-hydrogen) atoms. The van der Waals surface area contributed by atoms with Gasteiger partial charge in [-0.3, -0.25) is 9.59 Å². The van der Waals surface area contributed by atoms with Gasteiger partial charge in [0.1, 0.15) is 11.5 Å². The van der Waals surface area contributed by atoms with E-state index < -0.39 is 17.2 Å². The normalized spacial score (nSPS) is 10.7. The van der Waals surface area contributed by atoms with Gasteiger partial charge in [0.15, 0.2) is 5.69 Å². The first-order chi connectivity index (χ1) is 12.6. The van der Waals surface area contributed by atoms with Gasteiger partial charge in [-0.15, -0.1) is 0 Å². The van der Waals surface area contributed by atoms with Crippen LogP contribution in [-0.4, -0.2) is 31.8 Å². The number of amides is 1. The highest BCUT2D eigenvalue weighted by molar-refractivity contribution is 5.92.